The van der Waals surface area contributed by atoms with Crippen molar-refractivity contribution >= 4 is 28.9 Å². The monoisotopic (exact) mass is 355 g/mol. The molecule has 5 heteroatoms. The summed E-state index contributed by atoms with van der Waals surface area (Å²) in [6.45, 7) is 9.19. The molecule has 3 nitrogen and oxygen atoms in total. The van der Waals surface area contributed by atoms with Crippen molar-refractivity contribution in [3.05, 3.63) is 61.4 Å². The number of aryl methyl sites for hydroxylation is 3. The number of benzene rings is 1. The smallest absolute Gasteiger partial charge is 0.206 e. The third kappa shape index (κ3) is 3.42. The summed E-state index contributed by atoms with van der Waals surface area (Å²) >= 11 is 3.34. The molecule has 0 radical (unpaired) electrons. The Labute approximate surface area is 150 Å². The summed E-state index contributed by atoms with van der Waals surface area (Å²) in [6, 6.07) is 8.65. The first-order valence-corrected chi connectivity index (χ1v) is 9.73. The highest BCUT2D eigenvalue weighted by Gasteiger charge is 2.08. The number of aromatic nitrogens is 1. The van der Waals surface area contributed by atoms with Gasteiger partial charge in [0.2, 0.25) is 4.80 Å². The fourth-order valence-electron chi connectivity index (χ4n) is 2.38. The van der Waals surface area contributed by atoms with Crippen molar-refractivity contribution in [2.75, 3.05) is 6.54 Å². The molecule has 2 aromatic heterocycles. The zero-order chi connectivity index (χ0) is 17.1. The second kappa shape index (κ2) is 7.28. The van der Waals surface area contributed by atoms with E-state index in [2.05, 4.69) is 60.8 Å². The zero-order valence-corrected chi connectivity index (χ0v) is 16.0. The molecular formula is C19H21N3S2. The average molecular weight is 356 g/mol. The van der Waals surface area contributed by atoms with E-state index in [1.54, 1.807) is 22.7 Å². The Kier molecular flexibility index (Phi) is 5.11. The summed E-state index contributed by atoms with van der Waals surface area (Å²) in [6.07, 6.45) is 1.94. The minimum absolute atomic E-state index is 0.750. The van der Waals surface area contributed by atoms with Gasteiger partial charge in [-0.15, -0.1) is 22.7 Å². The maximum absolute atomic E-state index is 4.74. The van der Waals surface area contributed by atoms with Crippen LogP contribution in [0.5, 0.6) is 0 Å². The molecule has 0 saturated heterocycles. The molecule has 0 unspecified atom stereocenters. The maximum atomic E-state index is 4.74. The molecule has 0 atom stereocenters. The molecule has 0 aliphatic heterocycles. The summed E-state index contributed by atoms with van der Waals surface area (Å²) in [5.41, 5.74) is 6.10. The largest absolute Gasteiger partial charge is 0.258 e. The minimum Gasteiger partial charge on any atom is -0.258 e. The summed E-state index contributed by atoms with van der Waals surface area (Å²) < 4.78 is 1.96. The Hall–Kier alpha value is -1.98. The molecule has 0 amide bonds. The zero-order valence-electron chi connectivity index (χ0n) is 14.4. The van der Waals surface area contributed by atoms with Gasteiger partial charge in [-0.3, -0.25) is 4.99 Å². The van der Waals surface area contributed by atoms with Gasteiger partial charge in [0.1, 0.15) is 0 Å². The fourth-order valence-corrected chi connectivity index (χ4v) is 4.06. The topological polar surface area (TPSA) is 29.6 Å². The van der Waals surface area contributed by atoms with Crippen LogP contribution in [0.2, 0.25) is 0 Å². The lowest BCUT2D eigenvalue weighted by Gasteiger charge is -2.06. The van der Waals surface area contributed by atoms with Crippen molar-refractivity contribution in [2.45, 2.75) is 27.7 Å². The summed E-state index contributed by atoms with van der Waals surface area (Å²) in [7, 11) is 0. The second-order valence-electron chi connectivity index (χ2n) is 5.70. The lowest BCUT2D eigenvalue weighted by Crippen LogP contribution is -2.12. The van der Waals surface area contributed by atoms with Gasteiger partial charge in [-0.2, -0.15) is 5.10 Å². The first kappa shape index (κ1) is 16.9. The first-order valence-electron chi connectivity index (χ1n) is 7.97. The van der Waals surface area contributed by atoms with E-state index < -0.39 is 0 Å². The average Bonchev–Trinajstić information content (AvgIpc) is 3.15. The van der Waals surface area contributed by atoms with Gasteiger partial charge in [0.25, 0.3) is 0 Å². The molecule has 3 rings (SSSR count). The third-order valence-electron chi connectivity index (χ3n) is 3.97. The van der Waals surface area contributed by atoms with E-state index in [9.17, 15) is 0 Å². The molecule has 24 heavy (non-hydrogen) atoms. The highest BCUT2D eigenvalue weighted by molar-refractivity contribution is 7.11. The van der Waals surface area contributed by atoms with Gasteiger partial charge in [0.05, 0.1) is 16.8 Å². The van der Waals surface area contributed by atoms with Crippen LogP contribution in [0.25, 0.3) is 11.3 Å². The summed E-state index contributed by atoms with van der Waals surface area (Å²) in [4.78, 5) is 6.70. The van der Waals surface area contributed by atoms with E-state index in [0.717, 1.165) is 17.0 Å². The van der Waals surface area contributed by atoms with Crippen LogP contribution < -0.4 is 4.80 Å². The Morgan fingerprint density at radius 3 is 2.54 bits per heavy atom. The van der Waals surface area contributed by atoms with Crippen molar-refractivity contribution < 1.29 is 0 Å². The summed E-state index contributed by atoms with van der Waals surface area (Å²) in [5.74, 6) is 0. The van der Waals surface area contributed by atoms with Crippen LogP contribution in [0.3, 0.4) is 0 Å². The van der Waals surface area contributed by atoms with Gasteiger partial charge in [-0.25, -0.2) is 4.68 Å². The number of hydrogen-bond donors (Lipinski definition) is 0. The van der Waals surface area contributed by atoms with Gasteiger partial charge >= 0.3 is 0 Å². The normalized spacial score (nSPS) is 12.4. The van der Waals surface area contributed by atoms with E-state index >= 15 is 0 Å². The van der Waals surface area contributed by atoms with Crippen LogP contribution in [0.1, 0.15) is 28.5 Å². The van der Waals surface area contributed by atoms with E-state index in [1.807, 2.05) is 17.8 Å². The molecule has 0 bridgehead atoms. The lowest BCUT2D eigenvalue weighted by molar-refractivity contribution is 0.833. The number of hydrogen-bond acceptors (Lipinski definition) is 4. The van der Waals surface area contributed by atoms with E-state index in [0.29, 0.717) is 0 Å². The van der Waals surface area contributed by atoms with Crippen LogP contribution >= 0.6 is 22.7 Å². The van der Waals surface area contributed by atoms with Gasteiger partial charge in [-0.05, 0) is 61.9 Å². The predicted molar refractivity (Wildman–Crippen MR) is 105 cm³/mol. The van der Waals surface area contributed by atoms with Crippen LogP contribution in [-0.2, 0) is 0 Å². The second-order valence-corrected chi connectivity index (χ2v) is 7.49. The lowest BCUT2D eigenvalue weighted by atomic mass is 10.1. The SMILES string of the molecule is CCN=c1scc(-c2ccc(C)c(C)c2)n1N=Cc1sccc1C. The molecule has 3 aromatic rings. The van der Waals surface area contributed by atoms with Gasteiger partial charge in [0.15, 0.2) is 0 Å². The summed E-state index contributed by atoms with van der Waals surface area (Å²) in [5, 5.41) is 8.97. The highest BCUT2D eigenvalue weighted by atomic mass is 32.1. The molecule has 0 aliphatic carbocycles. The van der Waals surface area contributed by atoms with Crippen molar-refractivity contribution in [3.8, 4) is 11.3 Å². The van der Waals surface area contributed by atoms with E-state index in [-0.39, 0.29) is 0 Å². The highest BCUT2D eigenvalue weighted by Crippen LogP contribution is 2.23. The van der Waals surface area contributed by atoms with Crippen molar-refractivity contribution in [3.63, 3.8) is 0 Å². The van der Waals surface area contributed by atoms with Gasteiger partial charge in [0, 0.05) is 17.5 Å². The van der Waals surface area contributed by atoms with Crippen molar-refractivity contribution in [1.29, 1.82) is 0 Å². The van der Waals surface area contributed by atoms with E-state index in [1.165, 1.54) is 27.1 Å². The number of nitrogens with zero attached hydrogens (tertiary/aromatic N) is 3. The molecule has 0 spiro atoms. The molecule has 0 saturated carbocycles. The standard InChI is InChI=1S/C19H21N3S2/c1-5-20-19-22(21-11-18-14(3)8-9-23-18)17(12-24-19)16-7-6-13(2)15(4)10-16/h6-12H,5H2,1-4H3. The fraction of sp³-hybridized carbons (Fsp3) is 0.263. The Morgan fingerprint density at radius 2 is 1.88 bits per heavy atom. The molecule has 124 valence electrons. The molecule has 1 aromatic carbocycles. The number of thiazole rings is 1. The molecule has 0 aliphatic rings. The first-order chi connectivity index (χ1) is 11.6. The maximum Gasteiger partial charge on any atom is 0.206 e. The number of rotatable bonds is 4. The van der Waals surface area contributed by atoms with Crippen LogP contribution in [0.4, 0.5) is 0 Å². The van der Waals surface area contributed by atoms with Crippen LogP contribution in [0.15, 0.2) is 45.1 Å². The molecule has 2 heterocycles. The molecule has 0 fully saturated rings. The van der Waals surface area contributed by atoms with Crippen molar-refractivity contribution in [1.82, 2.24) is 4.68 Å². The number of thiophene rings is 1. The molecule has 0 N–H and O–H groups in total. The third-order valence-corrected chi connectivity index (χ3v) is 5.78. The Morgan fingerprint density at radius 1 is 1.04 bits per heavy atom. The Bertz CT molecular complexity index is 942. The van der Waals surface area contributed by atoms with Crippen molar-refractivity contribution in [2.24, 2.45) is 10.1 Å². The van der Waals surface area contributed by atoms with Crippen LogP contribution in [0, 0.1) is 20.8 Å². The molecular weight excluding hydrogens is 334 g/mol. The van der Waals surface area contributed by atoms with E-state index in [4.69, 9.17) is 5.10 Å². The Balaban J connectivity index is 2.11. The predicted octanol–water partition coefficient (Wildman–Crippen LogP) is 5.01. The van der Waals surface area contributed by atoms with Gasteiger partial charge in [-0.1, -0.05) is 12.1 Å². The van der Waals surface area contributed by atoms with Crippen LogP contribution in [-0.4, -0.2) is 17.4 Å². The quantitative estimate of drug-likeness (QED) is 0.589. The van der Waals surface area contributed by atoms with Gasteiger partial charge < -0.3 is 0 Å². The minimum atomic E-state index is 0.750.